The van der Waals surface area contributed by atoms with Crippen molar-refractivity contribution in [3.63, 3.8) is 0 Å². The first kappa shape index (κ1) is 19.7. The van der Waals surface area contributed by atoms with Crippen LogP contribution in [0.2, 0.25) is 0 Å². The minimum absolute atomic E-state index is 0.00411. The lowest BCUT2D eigenvalue weighted by Crippen LogP contribution is -2.47. The van der Waals surface area contributed by atoms with E-state index in [1.54, 1.807) is 17.2 Å². The van der Waals surface area contributed by atoms with Gasteiger partial charge in [0.15, 0.2) is 0 Å². The third kappa shape index (κ3) is 4.51. The molecule has 0 unspecified atom stereocenters. The average molecular weight is 404 g/mol. The molecule has 1 saturated heterocycles. The van der Waals surface area contributed by atoms with Crippen molar-refractivity contribution in [1.29, 1.82) is 0 Å². The third-order valence-electron chi connectivity index (χ3n) is 5.01. The van der Waals surface area contributed by atoms with Crippen molar-refractivity contribution < 1.29 is 14.3 Å². The molecule has 4 rings (SSSR count). The van der Waals surface area contributed by atoms with Gasteiger partial charge in [0.25, 0.3) is 0 Å². The molecule has 0 bridgehead atoms. The zero-order valence-corrected chi connectivity index (χ0v) is 16.8. The van der Waals surface area contributed by atoms with Crippen LogP contribution in [0, 0.1) is 0 Å². The summed E-state index contributed by atoms with van der Waals surface area (Å²) in [7, 11) is 1.52. The van der Waals surface area contributed by atoms with Crippen LogP contribution in [0.3, 0.4) is 0 Å². The van der Waals surface area contributed by atoms with E-state index in [1.165, 1.54) is 7.11 Å². The summed E-state index contributed by atoms with van der Waals surface area (Å²) in [6.45, 7) is 1.23. The minimum atomic E-state index is -0.0328. The summed E-state index contributed by atoms with van der Waals surface area (Å²) in [5.74, 6) is 0.488. The lowest BCUT2D eigenvalue weighted by Gasteiger charge is -2.35. The molecule has 0 radical (unpaired) electrons. The van der Waals surface area contributed by atoms with Gasteiger partial charge in [-0.1, -0.05) is 36.4 Å². The lowest BCUT2D eigenvalue weighted by atomic mass is 10.1. The normalized spacial score (nSPS) is 14.2. The molecular weight excluding hydrogens is 380 g/mol. The number of rotatable bonds is 5. The number of piperidine rings is 1. The molecule has 0 saturated carbocycles. The lowest BCUT2D eigenvalue weighted by molar-refractivity contribution is 0.109. The maximum absolute atomic E-state index is 13.4. The van der Waals surface area contributed by atoms with Gasteiger partial charge in [-0.25, -0.2) is 9.78 Å². The van der Waals surface area contributed by atoms with Crippen molar-refractivity contribution in [2.45, 2.75) is 18.9 Å². The highest BCUT2D eigenvalue weighted by Gasteiger charge is 2.29. The first-order valence-corrected chi connectivity index (χ1v) is 9.97. The average Bonchev–Trinajstić information content (AvgIpc) is 2.81. The van der Waals surface area contributed by atoms with Crippen molar-refractivity contribution in [3.05, 3.63) is 72.9 Å². The molecule has 1 aromatic heterocycles. The van der Waals surface area contributed by atoms with Gasteiger partial charge in [-0.05, 0) is 24.3 Å². The van der Waals surface area contributed by atoms with E-state index in [9.17, 15) is 4.79 Å². The third-order valence-corrected chi connectivity index (χ3v) is 5.01. The van der Waals surface area contributed by atoms with Gasteiger partial charge in [-0.15, -0.1) is 0 Å². The number of likely N-dealkylation sites (tertiary alicyclic amines) is 1. The summed E-state index contributed by atoms with van der Waals surface area (Å²) in [6.07, 6.45) is 3.07. The van der Waals surface area contributed by atoms with E-state index >= 15 is 0 Å². The molecule has 7 heteroatoms. The minimum Gasteiger partial charge on any atom is -0.474 e. The molecule has 0 spiro atoms. The molecule has 0 aliphatic carbocycles. The Morgan fingerprint density at radius 2 is 1.57 bits per heavy atom. The highest BCUT2D eigenvalue weighted by molar-refractivity contribution is 5.99. The van der Waals surface area contributed by atoms with Gasteiger partial charge in [-0.3, -0.25) is 4.90 Å². The number of benzene rings is 2. The van der Waals surface area contributed by atoms with Crippen molar-refractivity contribution in [2.24, 2.45) is 0 Å². The highest BCUT2D eigenvalue weighted by Crippen LogP contribution is 2.28. The van der Waals surface area contributed by atoms with Crippen LogP contribution in [-0.4, -0.2) is 47.2 Å². The molecule has 154 valence electrons. The predicted molar refractivity (Wildman–Crippen MR) is 114 cm³/mol. The fraction of sp³-hybridized carbons (Fsp3) is 0.261. The first-order valence-electron chi connectivity index (χ1n) is 9.97. The number of anilines is 2. The van der Waals surface area contributed by atoms with Gasteiger partial charge in [0.05, 0.1) is 18.5 Å². The van der Waals surface area contributed by atoms with E-state index in [2.05, 4.69) is 9.97 Å². The Hall–Kier alpha value is -3.61. The molecule has 1 fully saturated rings. The Morgan fingerprint density at radius 3 is 2.13 bits per heavy atom. The Labute approximate surface area is 175 Å². The van der Waals surface area contributed by atoms with Crippen LogP contribution in [0.5, 0.6) is 11.9 Å². The second-order valence-corrected chi connectivity index (χ2v) is 6.97. The second kappa shape index (κ2) is 9.26. The van der Waals surface area contributed by atoms with Crippen molar-refractivity contribution in [2.75, 3.05) is 25.1 Å². The number of urea groups is 1. The quantitative estimate of drug-likeness (QED) is 0.635. The maximum Gasteiger partial charge on any atom is 0.329 e. The van der Waals surface area contributed by atoms with Crippen LogP contribution in [0.15, 0.2) is 72.9 Å². The number of hydrogen-bond acceptors (Lipinski definition) is 5. The van der Waals surface area contributed by atoms with Crippen molar-refractivity contribution in [1.82, 2.24) is 14.9 Å². The number of ether oxygens (including phenoxy) is 2. The summed E-state index contributed by atoms with van der Waals surface area (Å²) in [5, 5.41) is 0. The van der Waals surface area contributed by atoms with E-state index in [0.29, 0.717) is 19.0 Å². The molecular formula is C23H24N4O3. The summed E-state index contributed by atoms with van der Waals surface area (Å²) in [5.41, 5.74) is 1.69. The number of aromatic nitrogens is 2. The molecule has 7 nitrogen and oxygen atoms in total. The van der Waals surface area contributed by atoms with Crippen LogP contribution >= 0.6 is 0 Å². The van der Waals surface area contributed by atoms with Crippen molar-refractivity contribution in [3.8, 4) is 11.9 Å². The molecule has 1 aliphatic rings. The number of nitrogens with zero attached hydrogens (tertiary/aromatic N) is 4. The van der Waals surface area contributed by atoms with Gasteiger partial charge < -0.3 is 14.4 Å². The topological polar surface area (TPSA) is 67.8 Å². The van der Waals surface area contributed by atoms with Gasteiger partial charge in [-0.2, -0.15) is 4.98 Å². The molecule has 0 atom stereocenters. The highest BCUT2D eigenvalue weighted by atomic mass is 16.5. The smallest absolute Gasteiger partial charge is 0.329 e. The summed E-state index contributed by atoms with van der Waals surface area (Å²) >= 11 is 0. The number of hydrogen-bond donors (Lipinski definition) is 0. The molecule has 2 amide bonds. The zero-order chi connectivity index (χ0) is 20.8. The Balaban J connectivity index is 1.44. The number of methoxy groups -OCH3 is 1. The molecule has 0 N–H and O–H groups in total. The summed E-state index contributed by atoms with van der Waals surface area (Å²) in [6, 6.07) is 21.4. The maximum atomic E-state index is 13.4. The number of carbonyl (C=O) groups excluding carboxylic acids is 1. The van der Waals surface area contributed by atoms with Gasteiger partial charge >= 0.3 is 12.0 Å². The molecule has 2 aromatic carbocycles. The predicted octanol–water partition coefficient (Wildman–Crippen LogP) is 4.29. The Morgan fingerprint density at radius 1 is 0.967 bits per heavy atom. The molecule has 30 heavy (non-hydrogen) atoms. The number of para-hydroxylation sites is 2. The van der Waals surface area contributed by atoms with Crippen LogP contribution in [0.4, 0.5) is 16.2 Å². The van der Waals surface area contributed by atoms with E-state index in [0.717, 1.165) is 24.2 Å². The zero-order valence-electron chi connectivity index (χ0n) is 16.8. The van der Waals surface area contributed by atoms with Gasteiger partial charge in [0.1, 0.15) is 6.10 Å². The monoisotopic (exact) mass is 404 g/mol. The summed E-state index contributed by atoms with van der Waals surface area (Å²) in [4.78, 5) is 25.3. The van der Waals surface area contributed by atoms with E-state index in [4.69, 9.17) is 9.47 Å². The summed E-state index contributed by atoms with van der Waals surface area (Å²) < 4.78 is 11.0. The molecule has 1 aliphatic heterocycles. The van der Waals surface area contributed by atoms with E-state index < -0.39 is 0 Å². The molecule has 3 aromatic rings. The fourth-order valence-corrected chi connectivity index (χ4v) is 3.49. The standard InChI is InChI=1S/C23H24N4O3/c1-29-22-24-15-12-21(25-22)30-20-13-16-26(17-14-20)23(28)27(18-8-4-2-5-9-18)19-10-6-3-7-11-19/h2-12,15,20H,13-14,16-17H2,1H3. The SMILES string of the molecule is COc1nccc(OC2CCN(C(=O)N(c3ccccc3)c3ccccc3)CC2)n1. The number of carbonyl (C=O) groups is 1. The van der Waals surface area contributed by atoms with Crippen LogP contribution in [-0.2, 0) is 0 Å². The van der Waals surface area contributed by atoms with Crippen LogP contribution in [0.1, 0.15) is 12.8 Å². The second-order valence-electron chi connectivity index (χ2n) is 6.97. The van der Waals surface area contributed by atoms with Crippen LogP contribution in [0.25, 0.3) is 0 Å². The molecule has 2 heterocycles. The largest absolute Gasteiger partial charge is 0.474 e. The Bertz CT molecular complexity index is 921. The Kier molecular flexibility index (Phi) is 6.08. The van der Waals surface area contributed by atoms with Gasteiger partial charge in [0, 0.05) is 38.2 Å². The van der Waals surface area contributed by atoms with E-state index in [1.807, 2.05) is 65.6 Å². The number of amides is 2. The fourth-order valence-electron chi connectivity index (χ4n) is 3.49. The van der Waals surface area contributed by atoms with Gasteiger partial charge in [0.2, 0.25) is 5.88 Å². The van der Waals surface area contributed by atoms with Crippen molar-refractivity contribution >= 4 is 17.4 Å². The first-order chi connectivity index (χ1) is 14.7. The van der Waals surface area contributed by atoms with Crippen LogP contribution < -0.4 is 14.4 Å². The van der Waals surface area contributed by atoms with E-state index in [-0.39, 0.29) is 18.1 Å².